The predicted octanol–water partition coefficient (Wildman–Crippen LogP) is 3.77. The van der Waals surface area contributed by atoms with Crippen molar-refractivity contribution >= 4 is 0 Å². The molecule has 130 valence electrons. The number of nitrogens with one attached hydrogen (secondary N) is 1. The second-order valence-corrected chi connectivity index (χ2v) is 6.06. The van der Waals surface area contributed by atoms with Gasteiger partial charge in [0.2, 0.25) is 11.8 Å². The smallest absolute Gasteiger partial charge is 0.416 e. The van der Waals surface area contributed by atoms with Gasteiger partial charge in [-0.3, -0.25) is 5.10 Å². The molecule has 0 unspecified atom stereocenters. The first-order valence-electron chi connectivity index (χ1n) is 7.57. The standard InChI is InChI=1S/C17H15F3N4O/c1-8(2)14-13-12(9-3-5-10(6-4-9)17(18,19)20)11(7-21)15(22)25-16(13)24-23-14/h3-6,8,12H,22H2,1-2H3,(H,23,24)/t12-/m0/s1. The summed E-state index contributed by atoms with van der Waals surface area (Å²) in [6.07, 6.45) is -4.43. The van der Waals surface area contributed by atoms with Crippen LogP contribution >= 0.6 is 0 Å². The van der Waals surface area contributed by atoms with Crippen molar-refractivity contribution in [2.45, 2.75) is 31.9 Å². The molecule has 8 heteroatoms. The van der Waals surface area contributed by atoms with Gasteiger partial charge in [-0.15, -0.1) is 5.10 Å². The molecule has 0 fully saturated rings. The summed E-state index contributed by atoms with van der Waals surface area (Å²) in [7, 11) is 0. The van der Waals surface area contributed by atoms with Gasteiger partial charge in [0, 0.05) is 5.69 Å². The van der Waals surface area contributed by atoms with Crippen molar-refractivity contribution in [3.05, 3.63) is 58.1 Å². The van der Waals surface area contributed by atoms with Crippen LogP contribution in [-0.2, 0) is 6.18 Å². The van der Waals surface area contributed by atoms with Crippen LogP contribution in [0.1, 0.15) is 48.1 Å². The first-order chi connectivity index (χ1) is 11.7. The average Bonchev–Trinajstić information content (AvgIpc) is 2.96. The maximum atomic E-state index is 12.8. The van der Waals surface area contributed by atoms with Crippen LogP contribution in [-0.4, -0.2) is 10.2 Å². The van der Waals surface area contributed by atoms with Crippen LogP contribution in [0.5, 0.6) is 5.88 Å². The minimum absolute atomic E-state index is 0.0519. The summed E-state index contributed by atoms with van der Waals surface area (Å²) in [5, 5.41) is 16.4. The van der Waals surface area contributed by atoms with E-state index in [-0.39, 0.29) is 23.3 Å². The molecule has 5 nitrogen and oxygen atoms in total. The molecule has 0 radical (unpaired) electrons. The number of H-pyrrole nitrogens is 1. The molecular formula is C17H15F3N4O. The Kier molecular flexibility index (Phi) is 3.95. The number of nitriles is 1. The lowest BCUT2D eigenvalue weighted by Gasteiger charge is -2.25. The number of hydrogen-bond donors (Lipinski definition) is 2. The predicted molar refractivity (Wildman–Crippen MR) is 83.4 cm³/mol. The topological polar surface area (TPSA) is 87.7 Å². The van der Waals surface area contributed by atoms with Crippen LogP contribution in [0.4, 0.5) is 13.2 Å². The molecule has 1 aliphatic heterocycles. The number of aromatic amines is 1. The molecule has 1 aromatic carbocycles. The number of hydrogen-bond acceptors (Lipinski definition) is 4. The Morgan fingerprint density at radius 2 is 1.92 bits per heavy atom. The van der Waals surface area contributed by atoms with Gasteiger partial charge in [-0.2, -0.15) is 18.4 Å². The molecule has 1 aromatic heterocycles. The normalized spacial score (nSPS) is 17.2. The van der Waals surface area contributed by atoms with Gasteiger partial charge in [0.05, 0.1) is 17.0 Å². The fourth-order valence-corrected chi connectivity index (χ4v) is 2.91. The van der Waals surface area contributed by atoms with E-state index in [2.05, 4.69) is 10.2 Å². The molecule has 0 bridgehead atoms. The van der Waals surface area contributed by atoms with Gasteiger partial charge < -0.3 is 10.5 Å². The number of halogens is 3. The third-order valence-electron chi connectivity index (χ3n) is 4.12. The third-order valence-corrected chi connectivity index (χ3v) is 4.12. The molecule has 0 spiro atoms. The second kappa shape index (κ2) is 5.84. The minimum atomic E-state index is -4.43. The number of allylic oxidation sites excluding steroid dienone is 1. The molecule has 2 aromatic rings. The lowest BCUT2D eigenvalue weighted by molar-refractivity contribution is -0.137. The molecule has 1 aliphatic rings. The lowest BCUT2D eigenvalue weighted by Crippen LogP contribution is -2.21. The molecule has 3 N–H and O–H groups in total. The van der Waals surface area contributed by atoms with E-state index in [0.29, 0.717) is 11.1 Å². The van der Waals surface area contributed by atoms with Crippen LogP contribution in [0.15, 0.2) is 35.7 Å². The Labute approximate surface area is 141 Å². The van der Waals surface area contributed by atoms with Crippen molar-refractivity contribution in [3.8, 4) is 11.9 Å². The van der Waals surface area contributed by atoms with Crippen molar-refractivity contribution < 1.29 is 17.9 Å². The first kappa shape index (κ1) is 16.9. The first-order valence-corrected chi connectivity index (χ1v) is 7.57. The van der Waals surface area contributed by atoms with E-state index in [1.165, 1.54) is 12.1 Å². The third kappa shape index (κ3) is 2.82. The zero-order valence-electron chi connectivity index (χ0n) is 13.5. The van der Waals surface area contributed by atoms with Gasteiger partial charge in [-0.25, -0.2) is 0 Å². The van der Waals surface area contributed by atoms with Crippen molar-refractivity contribution in [1.29, 1.82) is 5.26 Å². The molecule has 3 rings (SSSR count). The molecule has 0 saturated heterocycles. The Morgan fingerprint density at radius 3 is 2.44 bits per heavy atom. The van der Waals surface area contributed by atoms with Crippen molar-refractivity contribution in [2.24, 2.45) is 5.73 Å². The van der Waals surface area contributed by atoms with E-state index in [9.17, 15) is 18.4 Å². The van der Waals surface area contributed by atoms with Gasteiger partial charge in [-0.05, 0) is 23.6 Å². The minimum Gasteiger partial charge on any atom is -0.420 e. The summed E-state index contributed by atoms with van der Waals surface area (Å²) in [5.74, 6) is -0.435. The molecule has 0 amide bonds. The number of aromatic nitrogens is 2. The quantitative estimate of drug-likeness (QED) is 0.865. The summed E-state index contributed by atoms with van der Waals surface area (Å²) in [6, 6.07) is 6.69. The number of fused-ring (bicyclic) bond motifs is 1. The number of alkyl halides is 3. The fourth-order valence-electron chi connectivity index (χ4n) is 2.91. The Balaban J connectivity index is 2.16. The Bertz CT molecular complexity index is 873. The average molecular weight is 348 g/mol. The highest BCUT2D eigenvalue weighted by Crippen LogP contribution is 2.44. The van der Waals surface area contributed by atoms with Gasteiger partial charge in [-0.1, -0.05) is 26.0 Å². The fraction of sp³-hybridized carbons (Fsp3) is 0.294. The van der Waals surface area contributed by atoms with Crippen LogP contribution in [0.25, 0.3) is 0 Å². The van der Waals surface area contributed by atoms with E-state index < -0.39 is 17.7 Å². The highest BCUT2D eigenvalue weighted by molar-refractivity contribution is 5.55. The van der Waals surface area contributed by atoms with Crippen LogP contribution in [0.3, 0.4) is 0 Å². The number of nitrogens with two attached hydrogens (primary N) is 1. The van der Waals surface area contributed by atoms with Crippen molar-refractivity contribution in [2.75, 3.05) is 0 Å². The highest BCUT2D eigenvalue weighted by Gasteiger charge is 2.36. The summed E-state index contributed by atoms with van der Waals surface area (Å²) >= 11 is 0. The second-order valence-electron chi connectivity index (χ2n) is 6.06. The zero-order chi connectivity index (χ0) is 18.4. The highest BCUT2D eigenvalue weighted by atomic mass is 19.4. The summed E-state index contributed by atoms with van der Waals surface area (Å²) < 4.78 is 43.8. The van der Waals surface area contributed by atoms with E-state index in [1.54, 1.807) is 0 Å². The maximum Gasteiger partial charge on any atom is 0.416 e. The van der Waals surface area contributed by atoms with E-state index in [1.807, 2.05) is 19.9 Å². The van der Waals surface area contributed by atoms with Crippen molar-refractivity contribution in [3.63, 3.8) is 0 Å². The molecule has 0 aliphatic carbocycles. The van der Waals surface area contributed by atoms with Gasteiger partial charge in [0.25, 0.3) is 0 Å². The summed E-state index contributed by atoms with van der Waals surface area (Å²) in [6.45, 7) is 3.87. The summed E-state index contributed by atoms with van der Waals surface area (Å²) in [5.41, 5.74) is 7.10. The van der Waals surface area contributed by atoms with E-state index in [4.69, 9.17) is 10.5 Å². The molecule has 25 heavy (non-hydrogen) atoms. The number of ether oxygens (including phenoxy) is 1. The Morgan fingerprint density at radius 1 is 1.28 bits per heavy atom. The van der Waals surface area contributed by atoms with Gasteiger partial charge >= 0.3 is 6.18 Å². The van der Waals surface area contributed by atoms with Crippen molar-refractivity contribution in [1.82, 2.24) is 10.2 Å². The van der Waals surface area contributed by atoms with Gasteiger partial charge in [0.15, 0.2) is 0 Å². The van der Waals surface area contributed by atoms with E-state index >= 15 is 0 Å². The number of rotatable bonds is 2. The van der Waals surface area contributed by atoms with Crippen LogP contribution in [0.2, 0.25) is 0 Å². The monoisotopic (exact) mass is 348 g/mol. The molecule has 2 heterocycles. The zero-order valence-corrected chi connectivity index (χ0v) is 13.5. The summed E-state index contributed by atoms with van der Waals surface area (Å²) in [4.78, 5) is 0. The molecular weight excluding hydrogens is 333 g/mol. The lowest BCUT2D eigenvalue weighted by atomic mass is 9.82. The molecule has 1 atom stereocenters. The van der Waals surface area contributed by atoms with Crippen LogP contribution in [0, 0.1) is 11.3 Å². The number of nitrogens with zero attached hydrogens (tertiary/aromatic N) is 2. The SMILES string of the molecule is CC(C)c1[nH]nc2c1[C@@H](c1ccc(C(F)(F)F)cc1)C(C#N)=C(N)O2. The Hall–Kier alpha value is -2.95. The maximum absolute atomic E-state index is 12.8. The largest absolute Gasteiger partial charge is 0.420 e. The molecule has 0 saturated carbocycles. The van der Waals surface area contributed by atoms with Gasteiger partial charge in [0.1, 0.15) is 11.6 Å². The van der Waals surface area contributed by atoms with Crippen LogP contribution < -0.4 is 10.5 Å². The number of benzene rings is 1. The van der Waals surface area contributed by atoms with E-state index in [0.717, 1.165) is 17.8 Å².